The van der Waals surface area contributed by atoms with Crippen LogP contribution >= 0.6 is 0 Å². The van der Waals surface area contributed by atoms with E-state index in [4.69, 9.17) is 13.3 Å². The number of oxazole rings is 1. The maximum Gasteiger partial charge on any atom is 0.227 e. The number of fused-ring (bicyclic) bond motifs is 1. The van der Waals surface area contributed by atoms with Crippen LogP contribution in [0.4, 0.5) is 20.2 Å². The van der Waals surface area contributed by atoms with Crippen molar-refractivity contribution in [3.05, 3.63) is 138 Å². The van der Waals surface area contributed by atoms with Gasteiger partial charge in [0.15, 0.2) is 5.58 Å². The molecule has 0 aliphatic carbocycles. The molecule has 7 rings (SSSR count). The molecule has 0 atom stereocenters. The van der Waals surface area contributed by atoms with Crippen LogP contribution in [0.2, 0.25) is 0 Å². The fourth-order valence-corrected chi connectivity index (χ4v) is 4.47. The Bertz CT molecular complexity index is 2090. The van der Waals surface area contributed by atoms with Gasteiger partial charge in [0.25, 0.3) is 0 Å². The SMILES string of the molecule is Fc1ccc(-c2ccc(C=Nc3ccc(-c4nc5cc(N=Cc6ccc(-c7ccc(F)cc7)o6)ccc5o4)cc3)o2)cc1. The quantitative estimate of drug-likeness (QED) is 0.179. The minimum absolute atomic E-state index is 0.293. The molecule has 0 aliphatic rings. The van der Waals surface area contributed by atoms with E-state index < -0.39 is 0 Å². The lowest BCUT2D eigenvalue weighted by Crippen LogP contribution is -1.78. The Kier molecular flexibility index (Phi) is 6.77. The number of benzene rings is 4. The van der Waals surface area contributed by atoms with Crippen LogP contribution in [0.15, 0.2) is 138 Å². The van der Waals surface area contributed by atoms with Gasteiger partial charge in [-0.25, -0.2) is 13.8 Å². The fraction of sp³-hybridized carbons (Fsp3) is 0. The van der Waals surface area contributed by atoms with E-state index >= 15 is 0 Å². The van der Waals surface area contributed by atoms with E-state index in [2.05, 4.69) is 15.0 Å². The summed E-state index contributed by atoms with van der Waals surface area (Å²) in [5.74, 6) is 2.32. The van der Waals surface area contributed by atoms with Gasteiger partial charge in [0.05, 0.1) is 23.8 Å². The number of halogens is 2. The molecule has 0 aliphatic heterocycles. The molecule has 0 fully saturated rings. The van der Waals surface area contributed by atoms with Gasteiger partial charge >= 0.3 is 0 Å². The van der Waals surface area contributed by atoms with Crippen LogP contribution in [0.5, 0.6) is 0 Å². The molecule has 3 heterocycles. The van der Waals surface area contributed by atoms with Gasteiger partial charge in [-0.15, -0.1) is 0 Å². The lowest BCUT2D eigenvalue weighted by Gasteiger charge is -1.97. The third kappa shape index (κ3) is 5.80. The molecule has 0 radical (unpaired) electrons. The number of furan rings is 2. The van der Waals surface area contributed by atoms with Crippen molar-refractivity contribution >= 4 is 34.9 Å². The number of rotatable bonds is 7. The van der Waals surface area contributed by atoms with Gasteiger partial charge in [0.2, 0.25) is 5.89 Å². The van der Waals surface area contributed by atoms with Crippen molar-refractivity contribution in [1.29, 1.82) is 0 Å². The first-order valence-corrected chi connectivity index (χ1v) is 13.4. The molecule has 0 bridgehead atoms. The molecule has 8 heteroatoms. The summed E-state index contributed by atoms with van der Waals surface area (Å²) < 4.78 is 44.0. The van der Waals surface area contributed by atoms with Gasteiger partial charge in [-0.3, -0.25) is 9.98 Å². The Hall–Kier alpha value is -5.89. The van der Waals surface area contributed by atoms with E-state index in [0.29, 0.717) is 45.7 Å². The van der Waals surface area contributed by atoms with Crippen molar-refractivity contribution in [2.75, 3.05) is 0 Å². The van der Waals surface area contributed by atoms with E-state index in [0.717, 1.165) is 22.4 Å². The third-order valence-electron chi connectivity index (χ3n) is 6.68. The Morgan fingerprint density at radius 1 is 0.512 bits per heavy atom. The molecular weight excluding hydrogens is 548 g/mol. The summed E-state index contributed by atoms with van der Waals surface area (Å²) in [5.41, 5.74) is 5.12. The highest BCUT2D eigenvalue weighted by molar-refractivity contribution is 5.84. The maximum absolute atomic E-state index is 13.2. The summed E-state index contributed by atoms with van der Waals surface area (Å²) in [6.07, 6.45) is 3.26. The summed E-state index contributed by atoms with van der Waals surface area (Å²) >= 11 is 0. The predicted octanol–water partition coefficient (Wildman–Crippen LogP) is 9.79. The fourth-order valence-electron chi connectivity index (χ4n) is 4.47. The number of hydrogen-bond acceptors (Lipinski definition) is 6. The Balaban J connectivity index is 1.03. The smallest absolute Gasteiger partial charge is 0.227 e. The van der Waals surface area contributed by atoms with Gasteiger partial charge in [-0.1, -0.05) is 0 Å². The van der Waals surface area contributed by atoms with Gasteiger partial charge in [-0.05, 0) is 115 Å². The van der Waals surface area contributed by atoms with Crippen molar-refractivity contribution in [1.82, 2.24) is 4.98 Å². The highest BCUT2D eigenvalue weighted by atomic mass is 19.1. The minimum atomic E-state index is -0.296. The standard InChI is InChI=1S/C35H21F2N3O3/c36-25-7-1-22(2-8-25)32-17-14-29(41-32)20-38-27-11-5-24(6-12-27)35-40-31-19-28(13-16-34(31)43-35)39-21-30-15-18-33(42-30)23-3-9-26(37)10-4-23/h1-21H. The minimum Gasteiger partial charge on any atom is -0.455 e. The lowest BCUT2D eigenvalue weighted by atomic mass is 10.2. The summed E-state index contributed by atoms with van der Waals surface area (Å²) in [5, 5.41) is 0. The number of nitrogens with zero attached hydrogens (tertiary/aromatic N) is 3. The topological polar surface area (TPSA) is 77.0 Å². The maximum atomic E-state index is 13.2. The van der Waals surface area contributed by atoms with Crippen LogP contribution in [-0.4, -0.2) is 17.4 Å². The first-order valence-electron chi connectivity index (χ1n) is 13.4. The van der Waals surface area contributed by atoms with E-state index in [1.165, 1.54) is 24.3 Å². The molecule has 0 unspecified atom stereocenters. The number of hydrogen-bond donors (Lipinski definition) is 0. The molecule has 7 aromatic rings. The van der Waals surface area contributed by atoms with Gasteiger partial charge in [0.1, 0.15) is 40.2 Å². The molecular formula is C35H21F2N3O3. The normalized spacial score (nSPS) is 11.8. The highest BCUT2D eigenvalue weighted by Crippen LogP contribution is 2.29. The largest absolute Gasteiger partial charge is 0.455 e. The lowest BCUT2D eigenvalue weighted by molar-refractivity contribution is 0.574. The molecule has 0 saturated heterocycles. The van der Waals surface area contributed by atoms with Gasteiger partial charge in [0, 0.05) is 16.7 Å². The second kappa shape index (κ2) is 11.2. The molecule has 0 spiro atoms. The van der Waals surface area contributed by atoms with Crippen molar-refractivity contribution < 1.29 is 22.0 Å². The molecule has 0 saturated carbocycles. The van der Waals surface area contributed by atoms with Crippen molar-refractivity contribution in [3.63, 3.8) is 0 Å². The van der Waals surface area contributed by atoms with Crippen LogP contribution in [0.25, 0.3) is 45.2 Å². The van der Waals surface area contributed by atoms with Crippen LogP contribution in [0.3, 0.4) is 0 Å². The van der Waals surface area contributed by atoms with Crippen LogP contribution in [0.1, 0.15) is 11.5 Å². The van der Waals surface area contributed by atoms with Crippen molar-refractivity contribution in [3.8, 4) is 34.1 Å². The van der Waals surface area contributed by atoms with E-state index in [1.54, 1.807) is 36.7 Å². The number of aliphatic imine (C=N–C) groups is 2. The average molecular weight is 570 g/mol. The van der Waals surface area contributed by atoms with Crippen LogP contribution in [0, 0.1) is 11.6 Å². The molecule has 0 amide bonds. The highest BCUT2D eigenvalue weighted by Gasteiger charge is 2.10. The van der Waals surface area contributed by atoms with Crippen molar-refractivity contribution in [2.45, 2.75) is 0 Å². The molecule has 208 valence electrons. The molecule has 6 nitrogen and oxygen atoms in total. The first-order chi connectivity index (χ1) is 21.1. The zero-order valence-electron chi connectivity index (χ0n) is 22.4. The Morgan fingerprint density at radius 3 is 1.60 bits per heavy atom. The predicted molar refractivity (Wildman–Crippen MR) is 162 cm³/mol. The second-order valence-electron chi connectivity index (χ2n) is 9.65. The third-order valence-corrected chi connectivity index (χ3v) is 6.68. The molecule has 43 heavy (non-hydrogen) atoms. The van der Waals surface area contributed by atoms with Crippen molar-refractivity contribution in [2.24, 2.45) is 9.98 Å². The molecule has 4 aromatic carbocycles. The summed E-state index contributed by atoms with van der Waals surface area (Å²) in [6, 6.07) is 32.5. The monoisotopic (exact) mass is 569 g/mol. The van der Waals surface area contributed by atoms with Crippen LogP contribution in [-0.2, 0) is 0 Å². The van der Waals surface area contributed by atoms with Gasteiger partial charge < -0.3 is 13.3 Å². The van der Waals surface area contributed by atoms with E-state index in [9.17, 15) is 8.78 Å². The molecule has 3 aromatic heterocycles. The zero-order chi connectivity index (χ0) is 29.2. The summed E-state index contributed by atoms with van der Waals surface area (Å²) in [6.45, 7) is 0. The van der Waals surface area contributed by atoms with Crippen LogP contribution < -0.4 is 0 Å². The Labute approximate surface area is 244 Å². The van der Waals surface area contributed by atoms with E-state index in [-0.39, 0.29) is 11.6 Å². The number of aromatic nitrogens is 1. The Morgan fingerprint density at radius 2 is 1.02 bits per heavy atom. The summed E-state index contributed by atoms with van der Waals surface area (Å²) in [7, 11) is 0. The zero-order valence-corrected chi connectivity index (χ0v) is 22.4. The first kappa shape index (κ1) is 26.0. The summed E-state index contributed by atoms with van der Waals surface area (Å²) in [4.78, 5) is 13.6. The van der Waals surface area contributed by atoms with E-state index in [1.807, 2.05) is 66.7 Å². The molecule has 0 N–H and O–H groups in total. The average Bonchev–Trinajstić information content (AvgIpc) is 3.80. The van der Waals surface area contributed by atoms with Gasteiger partial charge in [-0.2, -0.15) is 0 Å². The second-order valence-corrected chi connectivity index (χ2v) is 9.65.